The molecule has 22 heavy (non-hydrogen) atoms. The minimum atomic E-state index is -0.478. The normalized spacial score (nSPS) is 10.9. The minimum Gasteiger partial charge on any atom is -0.456 e. The van der Waals surface area contributed by atoms with Gasteiger partial charge < -0.3 is 9.14 Å². The Morgan fingerprint density at radius 2 is 2.05 bits per heavy atom. The quantitative estimate of drug-likeness (QED) is 0.670. The van der Waals surface area contributed by atoms with Crippen LogP contribution in [0.15, 0.2) is 42.6 Å². The van der Waals surface area contributed by atoms with Crippen molar-refractivity contribution in [2.75, 3.05) is 0 Å². The van der Waals surface area contributed by atoms with Gasteiger partial charge in [0.2, 0.25) is 0 Å². The molecule has 0 aliphatic rings. The molecule has 0 aliphatic carbocycles. The molecular formula is C16H12Cl2N2O2. The zero-order valence-electron chi connectivity index (χ0n) is 11.7. The van der Waals surface area contributed by atoms with Gasteiger partial charge in [0.25, 0.3) is 0 Å². The van der Waals surface area contributed by atoms with Crippen molar-refractivity contribution in [1.82, 2.24) is 9.38 Å². The SMILES string of the molecule is Cc1cccc2nc(C(=O)OCc3ccc(Cl)c(Cl)c3)cn12. The van der Waals surface area contributed by atoms with Crippen LogP contribution >= 0.6 is 23.2 Å². The van der Waals surface area contributed by atoms with E-state index in [0.717, 1.165) is 11.3 Å². The van der Waals surface area contributed by atoms with Crippen LogP contribution in [0.5, 0.6) is 0 Å². The summed E-state index contributed by atoms with van der Waals surface area (Å²) in [6.45, 7) is 2.06. The molecule has 0 N–H and O–H groups in total. The zero-order valence-corrected chi connectivity index (χ0v) is 13.2. The fraction of sp³-hybridized carbons (Fsp3) is 0.125. The summed E-state index contributed by atoms with van der Waals surface area (Å²) in [6.07, 6.45) is 1.67. The lowest BCUT2D eigenvalue weighted by Crippen LogP contribution is -2.05. The van der Waals surface area contributed by atoms with Gasteiger partial charge in [-0.1, -0.05) is 35.3 Å². The van der Waals surface area contributed by atoms with Gasteiger partial charge in [-0.05, 0) is 36.8 Å². The number of aryl methyl sites for hydroxylation is 1. The molecule has 3 aromatic rings. The number of esters is 1. The average molecular weight is 335 g/mol. The molecule has 2 heterocycles. The number of benzene rings is 1. The van der Waals surface area contributed by atoms with Gasteiger partial charge in [-0.2, -0.15) is 0 Å². The summed E-state index contributed by atoms with van der Waals surface area (Å²) in [5.41, 5.74) is 2.74. The minimum absolute atomic E-state index is 0.114. The van der Waals surface area contributed by atoms with Crippen LogP contribution in [0.1, 0.15) is 21.7 Å². The number of ether oxygens (including phenoxy) is 1. The maximum absolute atomic E-state index is 12.1. The van der Waals surface area contributed by atoms with Gasteiger partial charge in [0.15, 0.2) is 5.69 Å². The van der Waals surface area contributed by atoms with E-state index in [1.807, 2.05) is 29.5 Å². The molecule has 112 valence electrons. The van der Waals surface area contributed by atoms with Crippen LogP contribution < -0.4 is 0 Å². The van der Waals surface area contributed by atoms with E-state index in [-0.39, 0.29) is 12.3 Å². The second-order valence-corrected chi connectivity index (χ2v) is 5.66. The van der Waals surface area contributed by atoms with Crippen LogP contribution in [0.3, 0.4) is 0 Å². The third kappa shape index (κ3) is 2.93. The van der Waals surface area contributed by atoms with Crippen molar-refractivity contribution in [2.45, 2.75) is 13.5 Å². The largest absolute Gasteiger partial charge is 0.456 e. The summed E-state index contributed by atoms with van der Waals surface area (Å²) in [5, 5.41) is 0.895. The van der Waals surface area contributed by atoms with E-state index < -0.39 is 5.97 Å². The van der Waals surface area contributed by atoms with Gasteiger partial charge in [-0.25, -0.2) is 9.78 Å². The number of carbonyl (C=O) groups excluding carboxylic acids is 1. The number of pyridine rings is 1. The number of imidazole rings is 1. The first-order valence-corrected chi connectivity index (χ1v) is 7.36. The number of hydrogen-bond acceptors (Lipinski definition) is 3. The summed E-state index contributed by atoms with van der Waals surface area (Å²) in [7, 11) is 0. The van der Waals surface area contributed by atoms with Crippen molar-refractivity contribution in [1.29, 1.82) is 0 Å². The topological polar surface area (TPSA) is 43.6 Å². The van der Waals surface area contributed by atoms with Crippen LogP contribution in [0.2, 0.25) is 10.0 Å². The second kappa shape index (κ2) is 5.99. The first-order valence-electron chi connectivity index (χ1n) is 6.60. The highest BCUT2D eigenvalue weighted by Crippen LogP contribution is 2.23. The van der Waals surface area contributed by atoms with Crippen molar-refractivity contribution >= 4 is 34.8 Å². The predicted molar refractivity (Wildman–Crippen MR) is 85.5 cm³/mol. The molecule has 3 rings (SSSR count). The summed E-state index contributed by atoms with van der Waals surface area (Å²) in [6, 6.07) is 10.8. The van der Waals surface area contributed by atoms with Crippen molar-refractivity contribution in [3.8, 4) is 0 Å². The molecular weight excluding hydrogens is 323 g/mol. The molecule has 0 amide bonds. The van der Waals surface area contributed by atoms with Gasteiger partial charge in [0.05, 0.1) is 10.0 Å². The molecule has 0 aliphatic heterocycles. The number of rotatable bonds is 3. The lowest BCUT2D eigenvalue weighted by molar-refractivity contribution is 0.0466. The van der Waals surface area contributed by atoms with Crippen LogP contribution in [0.25, 0.3) is 5.65 Å². The van der Waals surface area contributed by atoms with E-state index in [0.29, 0.717) is 15.7 Å². The van der Waals surface area contributed by atoms with Crippen LogP contribution in [0, 0.1) is 6.92 Å². The van der Waals surface area contributed by atoms with E-state index in [1.54, 1.807) is 24.4 Å². The Bertz CT molecular complexity index is 858. The number of fused-ring (bicyclic) bond motifs is 1. The third-order valence-corrected chi connectivity index (χ3v) is 4.00. The molecule has 1 aromatic carbocycles. The lowest BCUT2D eigenvalue weighted by atomic mass is 10.2. The number of aromatic nitrogens is 2. The maximum atomic E-state index is 12.1. The fourth-order valence-electron chi connectivity index (χ4n) is 2.10. The smallest absolute Gasteiger partial charge is 0.358 e. The van der Waals surface area contributed by atoms with Crippen molar-refractivity contribution < 1.29 is 9.53 Å². The highest BCUT2D eigenvalue weighted by atomic mass is 35.5. The van der Waals surface area contributed by atoms with E-state index in [1.165, 1.54) is 0 Å². The van der Waals surface area contributed by atoms with E-state index in [2.05, 4.69) is 4.98 Å². The molecule has 6 heteroatoms. The summed E-state index contributed by atoms with van der Waals surface area (Å²) in [5.74, 6) is -0.478. The van der Waals surface area contributed by atoms with Crippen molar-refractivity contribution in [3.63, 3.8) is 0 Å². The monoisotopic (exact) mass is 334 g/mol. The fourth-order valence-corrected chi connectivity index (χ4v) is 2.42. The average Bonchev–Trinajstić information content (AvgIpc) is 2.94. The Hall–Kier alpha value is -2.04. The van der Waals surface area contributed by atoms with Gasteiger partial charge in [-0.15, -0.1) is 0 Å². The molecule has 0 saturated carbocycles. The van der Waals surface area contributed by atoms with Gasteiger partial charge in [0, 0.05) is 11.9 Å². The molecule has 0 atom stereocenters. The summed E-state index contributed by atoms with van der Waals surface area (Å²) in [4.78, 5) is 16.4. The Morgan fingerprint density at radius 3 is 2.77 bits per heavy atom. The second-order valence-electron chi connectivity index (χ2n) is 4.85. The number of halogens is 2. The van der Waals surface area contributed by atoms with E-state index >= 15 is 0 Å². The molecule has 0 saturated heterocycles. The summed E-state index contributed by atoms with van der Waals surface area (Å²) >= 11 is 11.8. The molecule has 0 radical (unpaired) electrons. The van der Waals surface area contributed by atoms with Gasteiger partial charge in [-0.3, -0.25) is 0 Å². The predicted octanol–water partition coefficient (Wildman–Crippen LogP) is 4.31. The van der Waals surface area contributed by atoms with Crippen molar-refractivity contribution in [2.24, 2.45) is 0 Å². The molecule has 0 fully saturated rings. The number of nitrogens with zero attached hydrogens (tertiary/aromatic N) is 2. The van der Waals surface area contributed by atoms with E-state index in [9.17, 15) is 4.79 Å². The van der Waals surface area contributed by atoms with Gasteiger partial charge in [0.1, 0.15) is 12.3 Å². The van der Waals surface area contributed by atoms with Crippen molar-refractivity contribution in [3.05, 3.63) is 69.6 Å². The van der Waals surface area contributed by atoms with Gasteiger partial charge >= 0.3 is 5.97 Å². The highest BCUT2D eigenvalue weighted by Gasteiger charge is 2.13. The highest BCUT2D eigenvalue weighted by molar-refractivity contribution is 6.42. The number of hydrogen-bond donors (Lipinski definition) is 0. The lowest BCUT2D eigenvalue weighted by Gasteiger charge is -2.04. The molecule has 4 nitrogen and oxygen atoms in total. The first kappa shape index (κ1) is 14.9. The first-order chi connectivity index (χ1) is 10.5. The zero-order chi connectivity index (χ0) is 15.7. The molecule has 0 bridgehead atoms. The van der Waals surface area contributed by atoms with Crippen LogP contribution in [-0.4, -0.2) is 15.4 Å². The number of carbonyl (C=O) groups is 1. The molecule has 0 spiro atoms. The Balaban J connectivity index is 1.75. The molecule has 0 unspecified atom stereocenters. The van der Waals surface area contributed by atoms with Crippen LogP contribution in [0.4, 0.5) is 0 Å². The Kier molecular flexibility index (Phi) is 4.05. The van der Waals surface area contributed by atoms with E-state index in [4.69, 9.17) is 27.9 Å². The maximum Gasteiger partial charge on any atom is 0.358 e. The summed E-state index contributed by atoms with van der Waals surface area (Å²) < 4.78 is 7.10. The third-order valence-electron chi connectivity index (χ3n) is 3.26. The molecule has 2 aromatic heterocycles. The standard InChI is InChI=1S/C16H12Cl2N2O2/c1-10-3-2-4-15-19-14(8-20(10)15)16(21)22-9-11-5-6-12(17)13(18)7-11/h2-8H,9H2,1H3. The Labute approximate surface area is 137 Å². The Morgan fingerprint density at radius 1 is 1.23 bits per heavy atom. The van der Waals surface area contributed by atoms with Crippen LogP contribution in [-0.2, 0) is 11.3 Å².